The van der Waals surface area contributed by atoms with Crippen molar-refractivity contribution in [1.82, 2.24) is 10.2 Å². The van der Waals surface area contributed by atoms with E-state index in [0.717, 1.165) is 13.0 Å². The Balaban J connectivity index is 1.49. The molecule has 0 saturated heterocycles. The van der Waals surface area contributed by atoms with Gasteiger partial charge in [-0.05, 0) is 61.1 Å². The molecular formula is C32H32N2. The molecule has 0 bridgehead atoms. The first kappa shape index (κ1) is 21.0. The molecule has 0 amide bonds. The Labute approximate surface area is 203 Å². The summed E-state index contributed by atoms with van der Waals surface area (Å²) in [4.78, 5) is 2.67. The van der Waals surface area contributed by atoms with Crippen LogP contribution >= 0.6 is 0 Å². The highest BCUT2D eigenvalue weighted by molar-refractivity contribution is 5.79. The molecule has 3 aliphatic heterocycles. The van der Waals surface area contributed by atoms with Crippen LogP contribution in [0, 0.1) is 5.92 Å². The predicted molar refractivity (Wildman–Crippen MR) is 143 cm³/mol. The summed E-state index contributed by atoms with van der Waals surface area (Å²) in [5.74, 6) is 0.354. The van der Waals surface area contributed by atoms with Crippen molar-refractivity contribution in [1.29, 1.82) is 0 Å². The van der Waals surface area contributed by atoms with Gasteiger partial charge in [-0.25, -0.2) is 0 Å². The quantitative estimate of drug-likeness (QED) is 0.549. The number of allylic oxidation sites excluding steroid dienone is 7. The first-order chi connectivity index (χ1) is 16.6. The van der Waals surface area contributed by atoms with Gasteiger partial charge in [-0.15, -0.1) is 0 Å². The average molecular weight is 445 g/mol. The highest BCUT2D eigenvalue weighted by Gasteiger charge is 2.51. The number of hydrogen-bond donors (Lipinski definition) is 1. The van der Waals surface area contributed by atoms with Gasteiger partial charge >= 0.3 is 0 Å². The van der Waals surface area contributed by atoms with Crippen molar-refractivity contribution in [2.45, 2.75) is 38.8 Å². The Bertz CT molecular complexity index is 1320. The second-order valence-corrected chi connectivity index (χ2v) is 10.2. The predicted octanol–water partition coefficient (Wildman–Crippen LogP) is 6.98. The molecule has 2 nitrogen and oxygen atoms in total. The SMILES string of the molecule is CC1=CNC(C2=CC(c3ccccc3)=CCC2[C@@]2(C)c3ccccc3C3=CC=C(C)CN32)C=C1. The normalized spacial score (nSPS) is 27.5. The molecule has 0 saturated carbocycles. The molecule has 3 heterocycles. The van der Waals surface area contributed by atoms with E-state index in [1.54, 1.807) is 0 Å². The van der Waals surface area contributed by atoms with Crippen molar-refractivity contribution in [3.8, 4) is 0 Å². The van der Waals surface area contributed by atoms with Crippen LogP contribution in [0.5, 0.6) is 0 Å². The monoisotopic (exact) mass is 444 g/mol. The van der Waals surface area contributed by atoms with E-state index in [-0.39, 0.29) is 11.6 Å². The fourth-order valence-electron chi connectivity index (χ4n) is 6.21. The van der Waals surface area contributed by atoms with Crippen LogP contribution in [0.25, 0.3) is 11.3 Å². The lowest BCUT2D eigenvalue weighted by atomic mass is 9.69. The number of nitrogens with one attached hydrogen (secondary N) is 1. The van der Waals surface area contributed by atoms with Gasteiger partial charge in [-0.2, -0.15) is 0 Å². The summed E-state index contributed by atoms with van der Waals surface area (Å²) in [6.07, 6.45) is 17.3. The lowest BCUT2D eigenvalue weighted by Gasteiger charge is -2.48. The minimum atomic E-state index is -0.117. The van der Waals surface area contributed by atoms with Gasteiger partial charge in [0.05, 0.1) is 11.6 Å². The van der Waals surface area contributed by atoms with Crippen LogP contribution in [0.4, 0.5) is 0 Å². The van der Waals surface area contributed by atoms with Gasteiger partial charge in [-0.3, -0.25) is 0 Å². The van der Waals surface area contributed by atoms with E-state index in [1.165, 1.54) is 44.7 Å². The molecule has 34 heavy (non-hydrogen) atoms. The van der Waals surface area contributed by atoms with Crippen LogP contribution in [-0.2, 0) is 5.54 Å². The standard InChI is InChI=1S/C32H32N2/c1-22-13-17-30(33-20-22)27-19-25(24-9-5-4-6-10-24)15-16-29(27)32(3)28-12-8-7-11-26(28)31-18-14-23(2)21-34(31)32/h4-15,17-20,29-30,33H,16,21H2,1-3H3/t29?,30?,32-/m1/s1. The van der Waals surface area contributed by atoms with Gasteiger partial charge in [0.15, 0.2) is 0 Å². The maximum Gasteiger partial charge on any atom is 0.0705 e. The molecule has 6 rings (SSSR count). The molecule has 170 valence electrons. The van der Waals surface area contributed by atoms with Gasteiger partial charge < -0.3 is 10.2 Å². The van der Waals surface area contributed by atoms with Gasteiger partial charge in [0, 0.05) is 29.9 Å². The van der Waals surface area contributed by atoms with E-state index in [1.807, 2.05) is 0 Å². The van der Waals surface area contributed by atoms with Crippen LogP contribution in [0.3, 0.4) is 0 Å². The average Bonchev–Trinajstić information content (AvgIpc) is 3.13. The summed E-state index contributed by atoms with van der Waals surface area (Å²) in [7, 11) is 0. The number of hydrogen-bond acceptors (Lipinski definition) is 2. The van der Waals surface area contributed by atoms with Crippen LogP contribution in [0.15, 0.2) is 114 Å². The Hall–Kier alpha value is -3.52. The van der Waals surface area contributed by atoms with E-state index in [2.05, 4.69) is 128 Å². The molecule has 1 N–H and O–H groups in total. The number of benzene rings is 2. The summed E-state index contributed by atoms with van der Waals surface area (Å²) in [5.41, 5.74) is 10.8. The topological polar surface area (TPSA) is 15.3 Å². The molecule has 3 atom stereocenters. The third kappa shape index (κ3) is 3.24. The first-order valence-corrected chi connectivity index (χ1v) is 12.4. The minimum Gasteiger partial charge on any atom is -0.381 e. The summed E-state index contributed by atoms with van der Waals surface area (Å²) >= 11 is 0. The van der Waals surface area contributed by atoms with E-state index >= 15 is 0 Å². The molecule has 0 fully saturated rings. The Morgan fingerprint density at radius 3 is 2.56 bits per heavy atom. The second kappa shape index (κ2) is 8.06. The van der Waals surface area contributed by atoms with Crippen LogP contribution in [0.1, 0.15) is 43.9 Å². The molecule has 1 aliphatic carbocycles. The van der Waals surface area contributed by atoms with Crippen LogP contribution in [0.2, 0.25) is 0 Å². The zero-order valence-corrected chi connectivity index (χ0v) is 20.3. The number of fused-ring (bicyclic) bond motifs is 3. The number of nitrogens with zero attached hydrogens (tertiary/aromatic N) is 1. The second-order valence-electron chi connectivity index (χ2n) is 10.2. The minimum absolute atomic E-state index is 0.117. The fourth-order valence-corrected chi connectivity index (χ4v) is 6.21. The molecule has 0 radical (unpaired) electrons. The summed E-state index contributed by atoms with van der Waals surface area (Å²) in [6.45, 7) is 7.85. The summed E-state index contributed by atoms with van der Waals surface area (Å²) in [6, 6.07) is 20.0. The Morgan fingerprint density at radius 1 is 0.971 bits per heavy atom. The summed E-state index contributed by atoms with van der Waals surface area (Å²) < 4.78 is 0. The lowest BCUT2D eigenvalue weighted by Crippen LogP contribution is -2.48. The Morgan fingerprint density at radius 2 is 1.76 bits per heavy atom. The maximum atomic E-state index is 3.70. The fraction of sp³-hybridized carbons (Fsp3) is 0.250. The molecule has 2 aromatic rings. The third-order valence-corrected chi connectivity index (χ3v) is 8.02. The molecular weight excluding hydrogens is 412 g/mol. The van der Waals surface area contributed by atoms with Crippen LogP contribution in [-0.4, -0.2) is 17.5 Å². The van der Waals surface area contributed by atoms with E-state index < -0.39 is 0 Å². The van der Waals surface area contributed by atoms with E-state index in [9.17, 15) is 0 Å². The number of dihydropyridines is 1. The molecule has 2 unspecified atom stereocenters. The van der Waals surface area contributed by atoms with Crippen LogP contribution < -0.4 is 5.32 Å². The van der Waals surface area contributed by atoms with Crippen molar-refractivity contribution in [3.05, 3.63) is 131 Å². The molecule has 0 spiro atoms. The first-order valence-electron chi connectivity index (χ1n) is 12.4. The maximum absolute atomic E-state index is 3.70. The Kier molecular flexibility index (Phi) is 4.99. The largest absolute Gasteiger partial charge is 0.381 e. The molecule has 2 aromatic carbocycles. The lowest BCUT2D eigenvalue weighted by molar-refractivity contribution is 0.139. The smallest absolute Gasteiger partial charge is 0.0705 e. The van der Waals surface area contributed by atoms with Crippen molar-refractivity contribution in [2.75, 3.05) is 6.54 Å². The van der Waals surface area contributed by atoms with E-state index in [4.69, 9.17) is 0 Å². The molecule has 4 aliphatic rings. The highest BCUT2D eigenvalue weighted by atomic mass is 15.2. The molecule has 2 heteroatoms. The van der Waals surface area contributed by atoms with Crippen molar-refractivity contribution in [2.24, 2.45) is 5.92 Å². The molecule has 0 aromatic heterocycles. The summed E-state index contributed by atoms with van der Waals surface area (Å²) in [5, 5.41) is 3.70. The highest BCUT2D eigenvalue weighted by Crippen LogP contribution is 2.55. The van der Waals surface area contributed by atoms with Gasteiger partial charge in [0.2, 0.25) is 0 Å². The van der Waals surface area contributed by atoms with Gasteiger partial charge in [0.1, 0.15) is 0 Å². The van der Waals surface area contributed by atoms with Crippen molar-refractivity contribution >= 4 is 11.3 Å². The van der Waals surface area contributed by atoms with E-state index in [0.29, 0.717) is 5.92 Å². The van der Waals surface area contributed by atoms with Crippen molar-refractivity contribution < 1.29 is 0 Å². The third-order valence-electron chi connectivity index (χ3n) is 8.02. The zero-order valence-electron chi connectivity index (χ0n) is 20.3. The zero-order chi connectivity index (χ0) is 23.3. The van der Waals surface area contributed by atoms with Gasteiger partial charge in [0.25, 0.3) is 0 Å². The number of rotatable bonds is 3. The van der Waals surface area contributed by atoms with Gasteiger partial charge in [-0.1, -0.05) is 90.6 Å². The van der Waals surface area contributed by atoms with Crippen molar-refractivity contribution in [3.63, 3.8) is 0 Å².